The van der Waals surface area contributed by atoms with Gasteiger partial charge in [-0.1, -0.05) is 54.6 Å². The summed E-state index contributed by atoms with van der Waals surface area (Å²) < 4.78 is 0. The van der Waals surface area contributed by atoms with E-state index >= 15 is 0 Å². The molecular formula is C19H12O2. The van der Waals surface area contributed by atoms with Crippen molar-refractivity contribution in [3.05, 3.63) is 77.9 Å². The summed E-state index contributed by atoms with van der Waals surface area (Å²) in [5, 5.41) is 9.97. The molecule has 0 atom stereocenters. The Balaban J connectivity index is 1.92. The van der Waals surface area contributed by atoms with Gasteiger partial charge in [0.05, 0.1) is 0 Å². The van der Waals surface area contributed by atoms with Crippen LogP contribution in [-0.4, -0.2) is 10.9 Å². The molecule has 4 rings (SSSR count). The Morgan fingerprint density at radius 3 is 2.00 bits per heavy atom. The van der Waals surface area contributed by atoms with E-state index in [9.17, 15) is 9.90 Å². The highest BCUT2D eigenvalue weighted by molar-refractivity contribution is 6.22. The number of phenols is 1. The molecule has 0 unspecified atom stereocenters. The van der Waals surface area contributed by atoms with Crippen molar-refractivity contribution in [3.8, 4) is 28.0 Å². The monoisotopic (exact) mass is 272 g/mol. The number of carbonyl (C=O) groups excluding carboxylic acids is 1. The van der Waals surface area contributed by atoms with E-state index in [2.05, 4.69) is 0 Å². The molecule has 0 bridgehead atoms. The van der Waals surface area contributed by atoms with Gasteiger partial charge in [0.2, 0.25) is 0 Å². The van der Waals surface area contributed by atoms with E-state index in [1.165, 1.54) is 0 Å². The van der Waals surface area contributed by atoms with Crippen LogP contribution in [0.3, 0.4) is 0 Å². The number of fused-ring (bicyclic) bond motifs is 3. The molecule has 21 heavy (non-hydrogen) atoms. The van der Waals surface area contributed by atoms with Crippen LogP contribution >= 0.6 is 0 Å². The molecule has 3 aromatic rings. The lowest BCUT2D eigenvalue weighted by Gasteiger charge is -2.06. The maximum Gasteiger partial charge on any atom is 0.194 e. The Morgan fingerprint density at radius 2 is 1.24 bits per heavy atom. The first-order chi connectivity index (χ1) is 10.3. The van der Waals surface area contributed by atoms with E-state index in [1.54, 1.807) is 12.1 Å². The summed E-state index contributed by atoms with van der Waals surface area (Å²) in [6.45, 7) is 0. The number of aromatic hydroxyl groups is 1. The molecule has 2 nitrogen and oxygen atoms in total. The van der Waals surface area contributed by atoms with Crippen molar-refractivity contribution >= 4 is 5.78 Å². The second-order valence-corrected chi connectivity index (χ2v) is 5.15. The quantitative estimate of drug-likeness (QED) is 0.562. The minimum atomic E-state index is 0.0536. The van der Waals surface area contributed by atoms with Crippen molar-refractivity contribution in [2.75, 3.05) is 0 Å². The molecule has 100 valence electrons. The number of ketones is 1. The van der Waals surface area contributed by atoms with E-state index in [4.69, 9.17) is 0 Å². The fourth-order valence-corrected chi connectivity index (χ4v) is 2.91. The molecule has 0 aliphatic heterocycles. The highest BCUT2D eigenvalue weighted by Crippen LogP contribution is 2.39. The van der Waals surface area contributed by atoms with Crippen LogP contribution in [0.4, 0.5) is 0 Å². The first-order valence-corrected chi connectivity index (χ1v) is 6.82. The van der Waals surface area contributed by atoms with Gasteiger partial charge in [0, 0.05) is 16.7 Å². The lowest BCUT2D eigenvalue weighted by atomic mass is 9.98. The molecular weight excluding hydrogens is 260 g/mol. The molecule has 0 amide bonds. The summed E-state index contributed by atoms with van der Waals surface area (Å²) in [5.74, 6) is 0.276. The Hall–Kier alpha value is -2.87. The summed E-state index contributed by atoms with van der Waals surface area (Å²) in [5.41, 5.74) is 5.01. The SMILES string of the molecule is O=C1c2ccccc2-c2ccc(-c3ccccc3O)cc21. The Labute approximate surface area is 122 Å². The van der Waals surface area contributed by atoms with E-state index in [0.717, 1.165) is 27.8 Å². The molecule has 0 aromatic heterocycles. The van der Waals surface area contributed by atoms with Crippen LogP contribution in [0.1, 0.15) is 15.9 Å². The van der Waals surface area contributed by atoms with Gasteiger partial charge in [-0.15, -0.1) is 0 Å². The molecule has 3 aromatic carbocycles. The number of hydrogen-bond donors (Lipinski definition) is 1. The minimum Gasteiger partial charge on any atom is -0.507 e. The van der Waals surface area contributed by atoms with E-state index < -0.39 is 0 Å². The van der Waals surface area contributed by atoms with Gasteiger partial charge in [0.15, 0.2) is 5.78 Å². The second kappa shape index (κ2) is 4.32. The molecule has 1 aliphatic rings. The topological polar surface area (TPSA) is 37.3 Å². The van der Waals surface area contributed by atoms with Gasteiger partial charge in [0.1, 0.15) is 5.75 Å². The van der Waals surface area contributed by atoms with Crippen LogP contribution < -0.4 is 0 Å². The molecule has 0 heterocycles. The maximum absolute atomic E-state index is 12.5. The number of rotatable bonds is 1. The van der Waals surface area contributed by atoms with Crippen molar-refractivity contribution in [2.45, 2.75) is 0 Å². The average Bonchev–Trinajstić information content (AvgIpc) is 2.81. The number of hydrogen-bond acceptors (Lipinski definition) is 2. The highest BCUT2D eigenvalue weighted by atomic mass is 16.3. The number of phenolic OH excluding ortho intramolecular Hbond substituents is 1. The molecule has 1 aliphatic carbocycles. The van der Waals surface area contributed by atoms with Crippen molar-refractivity contribution in [1.82, 2.24) is 0 Å². The lowest BCUT2D eigenvalue weighted by molar-refractivity contribution is 0.104. The second-order valence-electron chi connectivity index (χ2n) is 5.15. The first kappa shape index (κ1) is 11.9. The van der Waals surface area contributed by atoms with Gasteiger partial charge in [-0.25, -0.2) is 0 Å². The van der Waals surface area contributed by atoms with Crippen molar-refractivity contribution < 1.29 is 9.90 Å². The van der Waals surface area contributed by atoms with Crippen LogP contribution in [0.2, 0.25) is 0 Å². The van der Waals surface area contributed by atoms with E-state index in [1.807, 2.05) is 54.6 Å². The Morgan fingerprint density at radius 1 is 0.619 bits per heavy atom. The van der Waals surface area contributed by atoms with Crippen LogP contribution in [0.15, 0.2) is 66.7 Å². The maximum atomic E-state index is 12.5. The highest BCUT2D eigenvalue weighted by Gasteiger charge is 2.26. The molecule has 1 N–H and O–H groups in total. The van der Waals surface area contributed by atoms with Crippen LogP contribution in [0.25, 0.3) is 22.3 Å². The number of benzene rings is 3. The van der Waals surface area contributed by atoms with E-state index in [-0.39, 0.29) is 11.5 Å². The van der Waals surface area contributed by atoms with Gasteiger partial charge in [-0.05, 0) is 28.8 Å². The van der Waals surface area contributed by atoms with Crippen LogP contribution in [0, 0.1) is 0 Å². The summed E-state index contributed by atoms with van der Waals surface area (Å²) >= 11 is 0. The molecule has 2 heteroatoms. The normalized spacial score (nSPS) is 12.1. The largest absolute Gasteiger partial charge is 0.507 e. The fraction of sp³-hybridized carbons (Fsp3) is 0. The zero-order chi connectivity index (χ0) is 14.4. The van der Waals surface area contributed by atoms with Gasteiger partial charge in [-0.3, -0.25) is 4.79 Å². The molecule has 0 fully saturated rings. The average molecular weight is 272 g/mol. The third-order valence-corrected chi connectivity index (χ3v) is 3.94. The number of carbonyl (C=O) groups is 1. The number of para-hydroxylation sites is 1. The molecule has 0 spiro atoms. The van der Waals surface area contributed by atoms with Crippen LogP contribution in [-0.2, 0) is 0 Å². The standard InChI is InChI=1S/C19H12O2/c20-18-8-4-3-5-13(18)12-9-10-15-14-6-1-2-7-16(14)19(21)17(15)11-12/h1-11,20H. The molecule has 0 saturated carbocycles. The smallest absolute Gasteiger partial charge is 0.194 e. The Kier molecular flexibility index (Phi) is 2.45. The zero-order valence-corrected chi connectivity index (χ0v) is 11.2. The molecule has 0 saturated heterocycles. The van der Waals surface area contributed by atoms with Gasteiger partial charge in [-0.2, -0.15) is 0 Å². The minimum absolute atomic E-state index is 0.0536. The lowest BCUT2D eigenvalue weighted by Crippen LogP contribution is -1.95. The predicted molar refractivity (Wildman–Crippen MR) is 82.4 cm³/mol. The third kappa shape index (κ3) is 1.69. The first-order valence-electron chi connectivity index (χ1n) is 6.82. The van der Waals surface area contributed by atoms with Crippen LogP contribution in [0.5, 0.6) is 5.75 Å². The summed E-state index contributed by atoms with van der Waals surface area (Å²) in [6.07, 6.45) is 0. The molecule has 0 radical (unpaired) electrons. The van der Waals surface area contributed by atoms with Crippen molar-refractivity contribution in [3.63, 3.8) is 0 Å². The van der Waals surface area contributed by atoms with Gasteiger partial charge < -0.3 is 5.11 Å². The van der Waals surface area contributed by atoms with E-state index in [0.29, 0.717) is 5.56 Å². The van der Waals surface area contributed by atoms with Gasteiger partial charge in [0.25, 0.3) is 0 Å². The van der Waals surface area contributed by atoms with Crippen molar-refractivity contribution in [2.24, 2.45) is 0 Å². The predicted octanol–water partition coefficient (Wildman–Crippen LogP) is 4.27. The van der Waals surface area contributed by atoms with Gasteiger partial charge >= 0.3 is 0 Å². The summed E-state index contributed by atoms with van der Waals surface area (Å²) in [7, 11) is 0. The fourth-order valence-electron chi connectivity index (χ4n) is 2.91. The summed E-state index contributed by atoms with van der Waals surface area (Å²) in [4.78, 5) is 12.5. The Bertz CT molecular complexity index is 878. The summed E-state index contributed by atoms with van der Waals surface area (Å²) in [6, 6.07) is 20.6. The third-order valence-electron chi connectivity index (χ3n) is 3.94. The van der Waals surface area contributed by atoms with Crippen molar-refractivity contribution in [1.29, 1.82) is 0 Å². The zero-order valence-electron chi connectivity index (χ0n) is 11.2.